The monoisotopic (exact) mass is 387 g/mol. The van der Waals surface area contributed by atoms with Crippen molar-refractivity contribution in [3.63, 3.8) is 0 Å². The van der Waals surface area contributed by atoms with Crippen LogP contribution in [0.2, 0.25) is 5.02 Å². The second kappa shape index (κ2) is 6.24. The van der Waals surface area contributed by atoms with Crippen molar-refractivity contribution in [3.05, 3.63) is 39.8 Å². The van der Waals surface area contributed by atoms with Crippen LogP contribution in [0.25, 0.3) is 6.08 Å². The van der Waals surface area contributed by atoms with Crippen LogP contribution < -0.4 is 5.32 Å². The van der Waals surface area contributed by atoms with E-state index < -0.39 is 0 Å². The molecule has 1 N–H and O–H groups in total. The fraction of sp³-hybridized carbons (Fsp3) is 0.450. The van der Waals surface area contributed by atoms with E-state index in [0.29, 0.717) is 21.0 Å². The maximum absolute atomic E-state index is 12.2. The predicted molar refractivity (Wildman–Crippen MR) is 109 cm³/mol. The molecule has 2 aliphatic carbocycles. The Bertz CT molecular complexity index is 856. The summed E-state index contributed by atoms with van der Waals surface area (Å²) < 4.78 is 0. The molecule has 2 unspecified atom stereocenters. The van der Waals surface area contributed by atoms with Gasteiger partial charge in [-0.1, -0.05) is 44.5 Å². The normalized spacial score (nSPS) is 34.2. The summed E-state index contributed by atoms with van der Waals surface area (Å²) in [6, 6.07) is 7.39. The number of carbonyl (C=O) groups is 1. The van der Waals surface area contributed by atoms with Gasteiger partial charge in [-0.3, -0.25) is 10.1 Å². The Hall–Kier alpha value is -1.59. The minimum absolute atomic E-state index is 0.122. The molecule has 2 atom stereocenters. The zero-order valence-electron chi connectivity index (χ0n) is 15.2. The predicted octanol–water partition coefficient (Wildman–Crippen LogP) is 5.10. The number of benzene rings is 1. The Morgan fingerprint density at radius 2 is 1.96 bits per heavy atom. The highest BCUT2D eigenvalue weighted by atomic mass is 35.5. The molecule has 2 bridgehead atoms. The number of hydrogen-bond acceptors (Lipinski definition) is 4. The Labute approximate surface area is 163 Å². The Morgan fingerprint density at radius 3 is 2.58 bits per heavy atom. The molecule has 1 heterocycles. The Balaban J connectivity index is 1.53. The fourth-order valence-corrected chi connectivity index (χ4v) is 5.27. The Kier molecular flexibility index (Phi) is 4.27. The van der Waals surface area contributed by atoms with E-state index in [1.165, 1.54) is 30.3 Å². The molecule has 0 aromatic heterocycles. The molecule has 2 saturated carbocycles. The fourth-order valence-electron chi connectivity index (χ4n) is 4.37. The van der Waals surface area contributed by atoms with Gasteiger partial charge in [0, 0.05) is 16.1 Å². The first-order valence-electron chi connectivity index (χ1n) is 8.91. The standard InChI is InChI=1S/C20H22ClN3OS/c1-19(2)13-8-9-20(19,3)16(11-13)23-24-18-22-17(25)15(26-18)10-12-4-6-14(21)7-5-12/h4-7,10,13H,8-9,11H2,1-3H3,(H,22,24,25)/b15-10+,23-16-. The summed E-state index contributed by atoms with van der Waals surface area (Å²) in [5.41, 5.74) is 2.51. The summed E-state index contributed by atoms with van der Waals surface area (Å²) in [6.45, 7) is 7.00. The molecular weight excluding hydrogens is 366 g/mol. The van der Waals surface area contributed by atoms with E-state index in [9.17, 15) is 4.79 Å². The van der Waals surface area contributed by atoms with Gasteiger partial charge in [0.25, 0.3) is 5.91 Å². The zero-order chi connectivity index (χ0) is 18.5. The lowest BCUT2D eigenvalue weighted by molar-refractivity contribution is -0.115. The molecule has 0 spiro atoms. The lowest BCUT2D eigenvalue weighted by Gasteiger charge is -2.34. The van der Waals surface area contributed by atoms with E-state index in [0.717, 1.165) is 12.0 Å². The number of amidine groups is 1. The molecule has 0 radical (unpaired) electrons. The number of hydrogen-bond donors (Lipinski definition) is 1. The van der Waals surface area contributed by atoms with Gasteiger partial charge in [-0.05, 0) is 66.1 Å². The number of fused-ring (bicyclic) bond motifs is 2. The third-order valence-electron chi connectivity index (χ3n) is 6.59. The summed E-state index contributed by atoms with van der Waals surface area (Å²) in [4.78, 5) is 12.8. The molecule has 1 aliphatic heterocycles. The number of nitrogens with zero attached hydrogens (tertiary/aromatic N) is 2. The van der Waals surface area contributed by atoms with Crippen LogP contribution in [0.4, 0.5) is 0 Å². The van der Waals surface area contributed by atoms with Crippen molar-refractivity contribution < 1.29 is 4.79 Å². The van der Waals surface area contributed by atoms with Crippen molar-refractivity contribution in [2.45, 2.75) is 40.0 Å². The third kappa shape index (κ3) is 2.81. The molecule has 1 aromatic carbocycles. The summed E-state index contributed by atoms with van der Waals surface area (Å²) in [5.74, 6) is 0.556. The van der Waals surface area contributed by atoms with Gasteiger partial charge >= 0.3 is 0 Å². The van der Waals surface area contributed by atoms with Gasteiger partial charge in [0.15, 0.2) is 5.17 Å². The van der Waals surface area contributed by atoms with Crippen LogP contribution in [0.5, 0.6) is 0 Å². The van der Waals surface area contributed by atoms with Crippen LogP contribution in [0.1, 0.15) is 45.6 Å². The van der Waals surface area contributed by atoms with Crippen LogP contribution in [-0.4, -0.2) is 16.8 Å². The molecule has 3 fully saturated rings. The Morgan fingerprint density at radius 1 is 1.23 bits per heavy atom. The van der Waals surface area contributed by atoms with Gasteiger partial charge in [-0.2, -0.15) is 5.10 Å². The van der Waals surface area contributed by atoms with Gasteiger partial charge in [0.05, 0.1) is 4.91 Å². The maximum atomic E-state index is 12.2. The molecule has 3 aliphatic rings. The van der Waals surface area contributed by atoms with E-state index in [1.54, 1.807) is 0 Å². The van der Waals surface area contributed by atoms with E-state index in [1.807, 2.05) is 30.3 Å². The number of amides is 1. The summed E-state index contributed by atoms with van der Waals surface area (Å²) in [5, 5.41) is 13.0. The van der Waals surface area contributed by atoms with E-state index in [2.05, 4.69) is 36.3 Å². The largest absolute Gasteiger partial charge is 0.299 e. The molecule has 4 nitrogen and oxygen atoms in total. The highest BCUT2D eigenvalue weighted by Crippen LogP contribution is 2.64. The number of carbonyl (C=O) groups excluding carboxylic acids is 1. The first kappa shape index (κ1) is 17.8. The smallest absolute Gasteiger partial charge is 0.264 e. The van der Waals surface area contributed by atoms with Gasteiger partial charge in [-0.25, -0.2) is 0 Å². The van der Waals surface area contributed by atoms with Gasteiger partial charge in [0.2, 0.25) is 0 Å². The van der Waals surface area contributed by atoms with Crippen molar-refractivity contribution in [1.29, 1.82) is 0 Å². The molecule has 1 amide bonds. The lowest BCUT2D eigenvalue weighted by atomic mass is 9.70. The van der Waals surface area contributed by atoms with Crippen molar-refractivity contribution in [3.8, 4) is 0 Å². The second-order valence-electron chi connectivity index (χ2n) is 8.06. The quantitative estimate of drug-likeness (QED) is 0.566. The molecule has 4 rings (SSSR count). The lowest BCUT2D eigenvalue weighted by Crippen LogP contribution is -2.32. The number of thioether (sulfide) groups is 1. The van der Waals surface area contributed by atoms with Gasteiger partial charge < -0.3 is 0 Å². The van der Waals surface area contributed by atoms with Crippen LogP contribution in [0.3, 0.4) is 0 Å². The van der Waals surface area contributed by atoms with Crippen LogP contribution in [-0.2, 0) is 4.79 Å². The summed E-state index contributed by atoms with van der Waals surface area (Å²) >= 11 is 7.23. The van der Waals surface area contributed by atoms with E-state index in [-0.39, 0.29) is 16.7 Å². The van der Waals surface area contributed by atoms with Gasteiger partial charge in [0.1, 0.15) is 0 Å². The number of nitrogens with one attached hydrogen (secondary N) is 1. The third-order valence-corrected chi connectivity index (χ3v) is 7.74. The van der Waals surface area contributed by atoms with E-state index >= 15 is 0 Å². The van der Waals surface area contributed by atoms with Crippen LogP contribution in [0.15, 0.2) is 39.4 Å². The van der Waals surface area contributed by atoms with Gasteiger partial charge in [-0.15, -0.1) is 5.10 Å². The highest BCUT2D eigenvalue weighted by molar-refractivity contribution is 8.18. The topological polar surface area (TPSA) is 53.8 Å². The summed E-state index contributed by atoms with van der Waals surface area (Å²) in [6.07, 6.45) is 5.31. The maximum Gasteiger partial charge on any atom is 0.264 e. The van der Waals surface area contributed by atoms with Crippen molar-refractivity contribution >= 4 is 46.2 Å². The summed E-state index contributed by atoms with van der Waals surface area (Å²) in [7, 11) is 0. The van der Waals surface area contributed by atoms with Crippen molar-refractivity contribution in [1.82, 2.24) is 5.32 Å². The first-order valence-corrected chi connectivity index (χ1v) is 10.1. The average Bonchev–Trinajstić information content (AvgIpc) is 3.12. The highest BCUT2D eigenvalue weighted by Gasteiger charge is 2.60. The SMILES string of the molecule is CC12CCC(C/C1=N/N=C1\NC(=O)/C(=C\c3ccc(Cl)cc3)S1)C2(C)C. The molecule has 1 aromatic rings. The van der Waals surface area contributed by atoms with Crippen LogP contribution in [0, 0.1) is 16.7 Å². The minimum atomic E-state index is -0.136. The minimum Gasteiger partial charge on any atom is -0.299 e. The zero-order valence-corrected chi connectivity index (χ0v) is 16.7. The second-order valence-corrected chi connectivity index (χ2v) is 9.53. The average molecular weight is 388 g/mol. The molecule has 6 heteroatoms. The molecular formula is C20H22ClN3OS. The number of rotatable bonds is 2. The molecule has 26 heavy (non-hydrogen) atoms. The van der Waals surface area contributed by atoms with Crippen molar-refractivity contribution in [2.75, 3.05) is 0 Å². The van der Waals surface area contributed by atoms with E-state index in [4.69, 9.17) is 11.6 Å². The first-order chi connectivity index (χ1) is 12.3. The van der Waals surface area contributed by atoms with Crippen molar-refractivity contribution in [2.24, 2.45) is 27.0 Å². The number of halogens is 1. The van der Waals surface area contributed by atoms with Crippen LogP contribution >= 0.6 is 23.4 Å². The molecule has 1 saturated heterocycles. The molecule has 136 valence electrons.